The molecule has 1 fully saturated rings. The second-order valence-corrected chi connectivity index (χ2v) is 5.39. The molecule has 3 heteroatoms. The van der Waals surface area contributed by atoms with Crippen molar-refractivity contribution in [3.63, 3.8) is 0 Å². The maximum Gasteiger partial charge on any atom is 0.240 e. The van der Waals surface area contributed by atoms with Crippen LogP contribution < -0.4 is 11.1 Å². The van der Waals surface area contributed by atoms with Crippen molar-refractivity contribution < 1.29 is 4.79 Å². The third kappa shape index (κ3) is 2.47. The Labute approximate surface area is 86.4 Å². The number of rotatable bonds is 4. The summed E-state index contributed by atoms with van der Waals surface area (Å²) in [7, 11) is 0. The van der Waals surface area contributed by atoms with Crippen molar-refractivity contribution in [3.8, 4) is 0 Å². The molecule has 0 spiro atoms. The van der Waals surface area contributed by atoms with Crippen molar-refractivity contribution in [1.82, 2.24) is 5.32 Å². The molecule has 2 atom stereocenters. The smallest absolute Gasteiger partial charge is 0.240 e. The monoisotopic (exact) mass is 198 g/mol. The van der Waals surface area contributed by atoms with E-state index in [1.54, 1.807) is 6.92 Å². The summed E-state index contributed by atoms with van der Waals surface area (Å²) in [6.07, 6.45) is 2.75. The summed E-state index contributed by atoms with van der Waals surface area (Å²) in [6.45, 7) is 8.16. The van der Waals surface area contributed by atoms with E-state index in [1.807, 2.05) is 6.92 Å². The zero-order valence-electron chi connectivity index (χ0n) is 9.68. The molecule has 0 heterocycles. The molecule has 3 nitrogen and oxygen atoms in total. The SMILES string of the molecule is CCCC(C)(N)C(=O)NC1CC1(C)C. The molecule has 0 aliphatic heterocycles. The predicted molar refractivity (Wildman–Crippen MR) is 57.8 cm³/mol. The normalized spacial score (nSPS) is 27.9. The fourth-order valence-electron chi connectivity index (χ4n) is 1.67. The molecule has 2 unspecified atom stereocenters. The summed E-state index contributed by atoms with van der Waals surface area (Å²) in [5.74, 6) is -0.00470. The maximum atomic E-state index is 11.8. The lowest BCUT2D eigenvalue weighted by molar-refractivity contribution is -0.126. The Morgan fingerprint density at radius 3 is 2.50 bits per heavy atom. The number of amides is 1. The van der Waals surface area contributed by atoms with Crippen LogP contribution >= 0.6 is 0 Å². The highest BCUT2D eigenvalue weighted by molar-refractivity contribution is 5.86. The Morgan fingerprint density at radius 2 is 2.14 bits per heavy atom. The van der Waals surface area contributed by atoms with Crippen molar-refractivity contribution in [2.75, 3.05) is 0 Å². The highest BCUT2D eigenvalue weighted by Gasteiger charge is 2.47. The quantitative estimate of drug-likeness (QED) is 0.717. The molecule has 3 N–H and O–H groups in total. The summed E-state index contributed by atoms with van der Waals surface area (Å²) in [6, 6.07) is 0.328. The van der Waals surface area contributed by atoms with Crippen LogP contribution in [0.15, 0.2) is 0 Å². The van der Waals surface area contributed by atoms with E-state index in [1.165, 1.54) is 0 Å². The highest BCUT2D eigenvalue weighted by atomic mass is 16.2. The van der Waals surface area contributed by atoms with Crippen LogP contribution in [0, 0.1) is 5.41 Å². The van der Waals surface area contributed by atoms with Gasteiger partial charge in [0.15, 0.2) is 0 Å². The summed E-state index contributed by atoms with van der Waals surface area (Å²) in [4.78, 5) is 11.8. The summed E-state index contributed by atoms with van der Waals surface area (Å²) >= 11 is 0. The van der Waals surface area contributed by atoms with E-state index in [9.17, 15) is 4.79 Å². The minimum Gasteiger partial charge on any atom is -0.351 e. The minimum atomic E-state index is -0.701. The Kier molecular flexibility index (Phi) is 2.91. The van der Waals surface area contributed by atoms with Gasteiger partial charge < -0.3 is 11.1 Å². The second-order valence-electron chi connectivity index (χ2n) is 5.39. The Hall–Kier alpha value is -0.570. The number of hydrogen-bond acceptors (Lipinski definition) is 2. The van der Waals surface area contributed by atoms with E-state index in [2.05, 4.69) is 19.2 Å². The van der Waals surface area contributed by atoms with Crippen molar-refractivity contribution in [2.45, 2.75) is 58.5 Å². The third-order valence-corrected chi connectivity index (χ3v) is 3.11. The van der Waals surface area contributed by atoms with Gasteiger partial charge in [-0.1, -0.05) is 27.2 Å². The topological polar surface area (TPSA) is 55.1 Å². The first-order valence-electron chi connectivity index (χ1n) is 5.39. The standard InChI is InChI=1S/C11H22N2O/c1-5-6-11(4,12)9(14)13-8-7-10(8,2)3/h8H,5-7,12H2,1-4H3,(H,13,14). The molecule has 1 aliphatic carbocycles. The van der Waals surface area contributed by atoms with Crippen molar-refractivity contribution in [2.24, 2.45) is 11.1 Å². The maximum absolute atomic E-state index is 11.8. The van der Waals surface area contributed by atoms with E-state index in [4.69, 9.17) is 5.73 Å². The molecule has 0 radical (unpaired) electrons. The molecule has 1 rings (SSSR count). The van der Waals surface area contributed by atoms with Gasteiger partial charge in [0.1, 0.15) is 0 Å². The summed E-state index contributed by atoms with van der Waals surface area (Å²) < 4.78 is 0. The van der Waals surface area contributed by atoms with Gasteiger partial charge in [-0.15, -0.1) is 0 Å². The molecule has 82 valence electrons. The fraction of sp³-hybridized carbons (Fsp3) is 0.909. The largest absolute Gasteiger partial charge is 0.351 e. The number of carbonyl (C=O) groups is 1. The van der Waals surface area contributed by atoms with Crippen LogP contribution in [-0.4, -0.2) is 17.5 Å². The first-order valence-corrected chi connectivity index (χ1v) is 5.39. The van der Waals surface area contributed by atoms with Crippen LogP contribution in [0.4, 0.5) is 0 Å². The van der Waals surface area contributed by atoms with Gasteiger partial charge in [0, 0.05) is 6.04 Å². The van der Waals surface area contributed by atoms with Crippen LogP contribution in [0.25, 0.3) is 0 Å². The van der Waals surface area contributed by atoms with Crippen LogP contribution in [0.3, 0.4) is 0 Å². The molecule has 0 aromatic rings. The second kappa shape index (κ2) is 3.54. The van der Waals surface area contributed by atoms with Gasteiger partial charge in [-0.3, -0.25) is 4.79 Å². The average Bonchev–Trinajstić information content (AvgIpc) is 2.58. The molecule has 0 saturated heterocycles. The third-order valence-electron chi connectivity index (χ3n) is 3.11. The van der Waals surface area contributed by atoms with Crippen molar-refractivity contribution >= 4 is 5.91 Å². The van der Waals surface area contributed by atoms with E-state index in [-0.39, 0.29) is 11.3 Å². The minimum absolute atomic E-state index is 0.00470. The number of hydrogen-bond donors (Lipinski definition) is 2. The van der Waals surface area contributed by atoms with Gasteiger partial charge in [-0.25, -0.2) is 0 Å². The number of carbonyl (C=O) groups excluding carboxylic acids is 1. The van der Waals surface area contributed by atoms with Gasteiger partial charge in [0.05, 0.1) is 5.54 Å². The zero-order valence-corrected chi connectivity index (χ0v) is 9.68. The Bertz CT molecular complexity index is 233. The Balaban J connectivity index is 2.42. The van der Waals surface area contributed by atoms with Crippen LogP contribution in [0.5, 0.6) is 0 Å². The first-order chi connectivity index (χ1) is 6.29. The molecule has 0 aromatic heterocycles. The number of nitrogens with one attached hydrogen (secondary N) is 1. The number of nitrogens with two attached hydrogens (primary N) is 1. The van der Waals surface area contributed by atoms with Gasteiger partial charge in [0.25, 0.3) is 0 Å². The summed E-state index contributed by atoms with van der Waals surface area (Å²) in [5, 5.41) is 3.01. The van der Waals surface area contributed by atoms with Gasteiger partial charge in [-0.2, -0.15) is 0 Å². The lowest BCUT2D eigenvalue weighted by Gasteiger charge is -2.23. The lowest BCUT2D eigenvalue weighted by atomic mass is 9.96. The van der Waals surface area contributed by atoms with Crippen LogP contribution in [0.1, 0.15) is 47.0 Å². The molecular weight excluding hydrogens is 176 g/mol. The average molecular weight is 198 g/mol. The van der Waals surface area contributed by atoms with E-state index < -0.39 is 5.54 Å². The predicted octanol–water partition coefficient (Wildman–Crippen LogP) is 1.42. The molecule has 1 amide bonds. The van der Waals surface area contributed by atoms with Gasteiger partial charge >= 0.3 is 0 Å². The van der Waals surface area contributed by atoms with Crippen molar-refractivity contribution in [3.05, 3.63) is 0 Å². The lowest BCUT2D eigenvalue weighted by Crippen LogP contribution is -2.52. The zero-order chi connectivity index (χ0) is 11.0. The Morgan fingerprint density at radius 1 is 1.64 bits per heavy atom. The van der Waals surface area contributed by atoms with E-state index in [0.29, 0.717) is 6.04 Å². The molecule has 1 saturated carbocycles. The fourth-order valence-corrected chi connectivity index (χ4v) is 1.67. The molecule has 14 heavy (non-hydrogen) atoms. The molecular formula is C11H22N2O. The van der Waals surface area contributed by atoms with Crippen molar-refractivity contribution in [1.29, 1.82) is 0 Å². The van der Waals surface area contributed by atoms with Gasteiger partial charge in [0.2, 0.25) is 5.91 Å². The molecule has 0 bridgehead atoms. The molecule has 0 aromatic carbocycles. The first kappa shape index (κ1) is 11.5. The van der Waals surface area contributed by atoms with Crippen LogP contribution in [0.2, 0.25) is 0 Å². The van der Waals surface area contributed by atoms with E-state index in [0.717, 1.165) is 19.3 Å². The molecule has 1 aliphatic rings. The van der Waals surface area contributed by atoms with Crippen LogP contribution in [-0.2, 0) is 4.79 Å². The van der Waals surface area contributed by atoms with E-state index >= 15 is 0 Å². The highest BCUT2D eigenvalue weighted by Crippen LogP contribution is 2.44. The summed E-state index contributed by atoms with van der Waals surface area (Å²) in [5.41, 5.74) is 5.50. The van der Waals surface area contributed by atoms with Gasteiger partial charge in [-0.05, 0) is 25.2 Å².